The Kier molecular flexibility index (Phi) is 3.59. The van der Waals surface area contributed by atoms with Crippen LogP contribution in [0.3, 0.4) is 0 Å². The monoisotopic (exact) mass is 268 g/mol. The highest BCUT2D eigenvalue weighted by molar-refractivity contribution is 7.99. The van der Waals surface area contributed by atoms with E-state index < -0.39 is 0 Å². The van der Waals surface area contributed by atoms with Crippen LogP contribution in [0.15, 0.2) is 6.33 Å². The molecule has 3 rings (SSSR count). The Morgan fingerprint density at radius 2 is 2.33 bits per heavy atom. The molecule has 0 aromatic carbocycles. The molecule has 6 heteroatoms. The topological polar surface area (TPSA) is 76.8 Å². The molecule has 5 nitrogen and oxygen atoms in total. The van der Waals surface area contributed by atoms with Gasteiger partial charge in [0.2, 0.25) is 0 Å². The molecule has 0 saturated carbocycles. The average Bonchev–Trinajstić information content (AvgIpc) is 2.93. The predicted molar refractivity (Wildman–Crippen MR) is 71.3 cm³/mol. The number of hydrogen-bond acceptors (Lipinski definition) is 5. The van der Waals surface area contributed by atoms with E-state index in [1.807, 2.05) is 11.8 Å². The smallest absolute Gasteiger partial charge is 0.141 e. The first kappa shape index (κ1) is 12.4. The van der Waals surface area contributed by atoms with E-state index in [4.69, 9.17) is 10.5 Å². The van der Waals surface area contributed by atoms with Crippen LogP contribution in [0.4, 0.5) is 0 Å². The summed E-state index contributed by atoms with van der Waals surface area (Å²) in [6.07, 6.45) is 5.95. The molecule has 3 heterocycles. The molecule has 2 atom stereocenters. The van der Waals surface area contributed by atoms with Crippen molar-refractivity contribution >= 4 is 11.8 Å². The number of ether oxygens (including phenoxy) is 1. The van der Waals surface area contributed by atoms with E-state index in [1.54, 1.807) is 0 Å². The maximum atomic E-state index is 6.31. The number of nitrogens with zero attached hydrogens (tertiary/aromatic N) is 2. The van der Waals surface area contributed by atoms with Gasteiger partial charge in [-0.25, -0.2) is 4.98 Å². The molecule has 2 unspecified atom stereocenters. The van der Waals surface area contributed by atoms with Gasteiger partial charge in [0.1, 0.15) is 12.2 Å². The third-order valence-corrected chi connectivity index (χ3v) is 5.18. The Bertz CT molecular complexity index is 372. The van der Waals surface area contributed by atoms with Crippen LogP contribution in [0.5, 0.6) is 0 Å². The van der Waals surface area contributed by atoms with Crippen molar-refractivity contribution < 1.29 is 4.74 Å². The second kappa shape index (κ2) is 5.19. The molecule has 3 N–H and O–H groups in total. The maximum absolute atomic E-state index is 6.31. The number of thioether (sulfide) groups is 1. The molecule has 0 aliphatic carbocycles. The minimum Gasteiger partial charge on any atom is -0.375 e. The van der Waals surface area contributed by atoms with E-state index in [-0.39, 0.29) is 11.6 Å². The van der Waals surface area contributed by atoms with Gasteiger partial charge in [0.05, 0.1) is 11.6 Å². The predicted octanol–water partition coefficient (Wildman–Crippen LogP) is 1.50. The molecule has 18 heavy (non-hydrogen) atoms. The lowest BCUT2D eigenvalue weighted by Gasteiger charge is -2.44. The molecule has 2 aliphatic rings. The van der Waals surface area contributed by atoms with Crippen LogP contribution >= 0.6 is 11.8 Å². The standard InChI is InChI=1S/C12H20N4OS/c13-10(11-14-8-15-16-11)9-1-4-17-12(7-9)2-5-18-6-3-12/h8-10H,1-7,13H2,(H,14,15,16). The van der Waals surface area contributed by atoms with Gasteiger partial charge in [0.15, 0.2) is 0 Å². The molecule has 0 bridgehead atoms. The summed E-state index contributed by atoms with van der Waals surface area (Å²) in [4.78, 5) is 4.19. The van der Waals surface area contributed by atoms with Crippen LogP contribution in [0, 0.1) is 5.92 Å². The highest BCUT2D eigenvalue weighted by Gasteiger charge is 2.41. The van der Waals surface area contributed by atoms with Crippen LogP contribution in [0.25, 0.3) is 0 Å². The van der Waals surface area contributed by atoms with Gasteiger partial charge in [0.25, 0.3) is 0 Å². The normalized spacial score (nSPS) is 29.3. The van der Waals surface area contributed by atoms with E-state index in [2.05, 4.69) is 15.2 Å². The Hall–Kier alpha value is -0.590. The number of rotatable bonds is 2. The van der Waals surface area contributed by atoms with Crippen molar-refractivity contribution in [3.05, 3.63) is 12.2 Å². The summed E-state index contributed by atoms with van der Waals surface area (Å²) in [6.45, 7) is 0.831. The average molecular weight is 268 g/mol. The van der Waals surface area contributed by atoms with Gasteiger partial charge < -0.3 is 10.5 Å². The number of aromatic amines is 1. The number of H-pyrrole nitrogens is 1. The fraction of sp³-hybridized carbons (Fsp3) is 0.833. The zero-order chi connectivity index (χ0) is 12.4. The van der Waals surface area contributed by atoms with E-state index in [9.17, 15) is 0 Å². The van der Waals surface area contributed by atoms with Gasteiger partial charge >= 0.3 is 0 Å². The molecule has 1 aromatic rings. The van der Waals surface area contributed by atoms with Crippen molar-refractivity contribution in [2.75, 3.05) is 18.1 Å². The van der Waals surface area contributed by atoms with Crippen LogP contribution in [0.1, 0.15) is 37.5 Å². The van der Waals surface area contributed by atoms with Crippen molar-refractivity contribution in [3.63, 3.8) is 0 Å². The molecule has 1 aromatic heterocycles. The van der Waals surface area contributed by atoms with Crippen LogP contribution in [0.2, 0.25) is 0 Å². The summed E-state index contributed by atoms with van der Waals surface area (Å²) in [5, 5.41) is 6.79. The highest BCUT2D eigenvalue weighted by atomic mass is 32.2. The summed E-state index contributed by atoms with van der Waals surface area (Å²) in [6, 6.07) is -0.0390. The van der Waals surface area contributed by atoms with Gasteiger partial charge in [-0.15, -0.1) is 0 Å². The lowest BCUT2D eigenvalue weighted by molar-refractivity contribution is -0.106. The van der Waals surface area contributed by atoms with Gasteiger partial charge in [-0.05, 0) is 43.1 Å². The minimum absolute atomic E-state index is 0.0390. The van der Waals surface area contributed by atoms with Crippen LogP contribution in [-0.4, -0.2) is 38.9 Å². The molecule has 2 aliphatic heterocycles. The number of aromatic nitrogens is 3. The van der Waals surface area contributed by atoms with E-state index in [0.717, 1.165) is 38.1 Å². The first-order valence-electron chi connectivity index (χ1n) is 6.62. The maximum Gasteiger partial charge on any atom is 0.141 e. The summed E-state index contributed by atoms with van der Waals surface area (Å²) in [7, 11) is 0. The molecule has 0 amide bonds. The Morgan fingerprint density at radius 3 is 3.06 bits per heavy atom. The molecule has 100 valence electrons. The van der Waals surface area contributed by atoms with E-state index >= 15 is 0 Å². The van der Waals surface area contributed by atoms with Crippen molar-refractivity contribution in [1.82, 2.24) is 15.2 Å². The van der Waals surface area contributed by atoms with Gasteiger partial charge in [0, 0.05) is 6.61 Å². The van der Waals surface area contributed by atoms with Crippen LogP contribution < -0.4 is 5.73 Å². The third kappa shape index (κ3) is 2.41. The molecule has 1 spiro atoms. The van der Waals surface area contributed by atoms with Gasteiger partial charge in [-0.2, -0.15) is 16.9 Å². The first-order chi connectivity index (χ1) is 8.79. The third-order valence-electron chi connectivity index (χ3n) is 4.19. The molecular formula is C12H20N4OS. The zero-order valence-electron chi connectivity index (χ0n) is 10.5. The van der Waals surface area contributed by atoms with E-state index in [1.165, 1.54) is 17.8 Å². The quantitative estimate of drug-likeness (QED) is 0.850. The van der Waals surface area contributed by atoms with Crippen molar-refractivity contribution in [2.24, 2.45) is 11.7 Å². The Balaban J connectivity index is 1.70. The summed E-state index contributed by atoms with van der Waals surface area (Å²) >= 11 is 2.03. The highest BCUT2D eigenvalue weighted by Crippen LogP contribution is 2.42. The van der Waals surface area contributed by atoms with E-state index in [0.29, 0.717) is 5.92 Å². The summed E-state index contributed by atoms with van der Waals surface area (Å²) in [5.41, 5.74) is 6.40. The molecule has 0 radical (unpaired) electrons. The first-order valence-corrected chi connectivity index (χ1v) is 7.77. The van der Waals surface area contributed by atoms with Gasteiger partial charge in [-0.3, -0.25) is 5.10 Å². The lowest BCUT2D eigenvalue weighted by Crippen LogP contribution is -2.45. The molecular weight excluding hydrogens is 248 g/mol. The Labute approximate surface area is 111 Å². The fourth-order valence-corrected chi connectivity index (χ4v) is 4.30. The molecule has 2 fully saturated rings. The van der Waals surface area contributed by atoms with Crippen LogP contribution in [-0.2, 0) is 4.74 Å². The fourth-order valence-electron chi connectivity index (χ4n) is 3.06. The summed E-state index contributed by atoms with van der Waals surface area (Å²) < 4.78 is 6.09. The number of nitrogens with one attached hydrogen (secondary N) is 1. The zero-order valence-corrected chi connectivity index (χ0v) is 11.3. The van der Waals surface area contributed by atoms with Crippen molar-refractivity contribution in [3.8, 4) is 0 Å². The van der Waals surface area contributed by atoms with Crippen molar-refractivity contribution in [1.29, 1.82) is 0 Å². The number of nitrogens with two attached hydrogens (primary N) is 1. The Morgan fingerprint density at radius 1 is 1.50 bits per heavy atom. The largest absolute Gasteiger partial charge is 0.375 e. The number of hydrogen-bond donors (Lipinski definition) is 2. The van der Waals surface area contributed by atoms with Crippen molar-refractivity contribution in [2.45, 2.75) is 37.3 Å². The lowest BCUT2D eigenvalue weighted by atomic mass is 9.78. The second-order valence-electron chi connectivity index (χ2n) is 5.29. The SMILES string of the molecule is NC(c1ncn[nH]1)C1CCOC2(CCSCC2)C1. The minimum atomic E-state index is -0.0390. The summed E-state index contributed by atoms with van der Waals surface area (Å²) in [5.74, 6) is 3.69. The second-order valence-corrected chi connectivity index (χ2v) is 6.52. The molecule has 2 saturated heterocycles. The van der Waals surface area contributed by atoms with Gasteiger partial charge in [-0.1, -0.05) is 0 Å².